The van der Waals surface area contributed by atoms with Gasteiger partial charge < -0.3 is 5.32 Å². The van der Waals surface area contributed by atoms with Crippen LogP contribution in [0.3, 0.4) is 0 Å². The van der Waals surface area contributed by atoms with Crippen LogP contribution in [0.5, 0.6) is 0 Å². The highest BCUT2D eigenvalue weighted by Crippen LogP contribution is 2.82. The molecule has 23 heavy (non-hydrogen) atoms. The number of hydrogen-bond donors (Lipinski definition) is 1. The Hall–Kier alpha value is 0.710. The van der Waals surface area contributed by atoms with E-state index in [1.165, 1.54) is 0 Å². The fraction of sp³-hybridized carbons (Fsp3) is 0.562. The Morgan fingerprint density at radius 1 is 1.30 bits per heavy atom. The molecule has 2 bridgehead atoms. The Morgan fingerprint density at radius 2 is 1.96 bits per heavy atom. The molecule has 1 N–H and O–H groups in total. The summed E-state index contributed by atoms with van der Waals surface area (Å²) in [6.45, 7) is 4.35. The van der Waals surface area contributed by atoms with Crippen molar-refractivity contribution in [1.82, 2.24) is 0 Å². The van der Waals surface area contributed by atoms with Crippen molar-refractivity contribution in [3.8, 4) is 0 Å². The molecular formula is C16H16Br3Cl2NO. The van der Waals surface area contributed by atoms with Crippen LogP contribution in [0.1, 0.15) is 26.7 Å². The molecule has 126 valence electrons. The van der Waals surface area contributed by atoms with Crippen LogP contribution in [0, 0.1) is 16.2 Å². The number of alkyl halides is 3. The van der Waals surface area contributed by atoms with Gasteiger partial charge in [-0.05, 0) is 36.5 Å². The second-order valence-corrected chi connectivity index (χ2v) is 11.7. The van der Waals surface area contributed by atoms with Gasteiger partial charge in [-0.1, -0.05) is 84.8 Å². The summed E-state index contributed by atoms with van der Waals surface area (Å²) in [4.78, 5) is 13.3. The average molecular weight is 549 g/mol. The first-order valence-corrected chi connectivity index (χ1v) is 10.8. The van der Waals surface area contributed by atoms with Gasteiger partial charge in [0.25, 0.3) is 0 Å². The Morgan fingerprint density at radius 3 is 2.48 bits per heavy atom. The highest BCUT2D eigenvalue weighted by molar-refractivity contribution is 9.24. The molecule has 3 saturated carbocycles. The van der Waals surface area contributed by atoms with Crippen LogP contribution in [0.2, 0.25) is 10.0 Å². The smallest absolute Gasteiger partial charge is 0.232 e. The van der Waals surface area contributed by atoms with E-state index in [0.29, 0.717) is 15.7 Å². The second kappa shape index (κ2) is 5.87. The summed E-state index contributed by atoms with van der Waals surface area (Å²) >= 11 is 23.4. The van der Waals surface area contributed by atoms with Crippen molar-refractivity contribution < 1.29 is 4.79 Å². The van der Waals surface area contributed by atoms with E-state index in [9.17, 15) is 4.79 Å². The summed E-state index contributed by atoms with van der Waals surface area (Å²) in [7, 11) is 0. The van der Waals surface area contributed by atoms with E-state index in [0.717, 1.165) is 12.8 Å². The molecule has 0 aliphatic heterocycles. The first-order valence-electron chi connectivity index (χ1n) is 7.30. The molecule has 0 aromatic heterocycles. The van der Waals surface area contributed by atoms with E-state index >= 15 is 0 Å². The second-order valence-electron chi connectivity index (χ2n) is 6.88. The molecule has 2 nitrogen and oxygen atoms in total. The summed E-state index contributed by atoms with van der Waals surface area (Å²) < 4.78 is 0.153. The first kappa shape index (κ1) is 18.5. The SMILES string of the molecule is CC1(C)C2(C(=O)Nc3cc(Cl)ccc3Cl)CCC1(C(Br)Br)C2Br. The van der Waals surface area contributed by atoms with Crippen molar-refractivity contribution >= 4 is 82.6 Å². The highest BCUT2D eigenvalue weighted by atomic mass is 79.9. The van der Waals surface area contributed by atoms with E-state index in [1.807, 2.05) is 0 Å². The Kier molecular flexibility index (Phi) is 4.72. The maximum atomic E-state index is 13.2. The summed E-state index contributed by atoms with van der Waals surface area (Å²) in [6.07, 6.45) is 1.82. The predicted octanol–water partition coefficient (Wildman–Crippen LogP) is 6.62. The van der Waals surface area contributed by atoms with Gasteiger partial charge in [-0.2, -0.15) is 0 Å². The van der Waals surface area contributed by atoms with E-state index in [2.05, 4.69) is 67.0 Å². The third-order valence-corrected chi connectivity index (χ3v) is 9.87. The van der Waals surface area contributed by atoms with Crippen molar-refractivity contribution in [2.24, 2.45) is 16.2 Å². The third kappa shape index (κ3) is 2.19. The minimum absolute atomic E-state index is 0.00215. The number of carbonyl (C=O) groups excluding carboxylic acids is 1. The molecule has 4 rings (SSSR count). The molecule has 7 heteroatoms. The molecule has 1 amide bonds. The van der Waals surface area contributed by atoms with Crippen LogP contribution in [0.4, 0.5) is 5.69 Å². The molecule has 3 unspecified atom stereocenters. The number of anilines is 1. The zero-order chi connectivity index (χ0) is 17.2. The topological polar surface area (TPSA) is 29.1 Å². The quantitative estimate of drug-likeness (QED) is 0.423. The largest absolute Gasteiger partial charge is 0.324 e. The Labute approximate surface area is 171 Å². The van der Waals surface area contributed by atoms with Crippen LogP contribution in [-0.4, -0.2) is 14.5 Å². The van der Waals surface area contributed by atoms with E-state index in [-0.39, 0.29) is 25.3 Å². The Bertz CT molecular complexity index is 681. The molecule has 3 aliphatic rings. The van der Waals surface area contributed by atoms with Crippen LogP contribution < -0.4 is 5.32 Å². The first-order chi connectivity index (χ1) is 10.6. The van der Waals surface area contributed by atoms with Gasteiger partial charge in [0.1, 0.15) is 0 Å². The molecule has 1 aromatic carbocycles. The zero-order valence-corrected chi connectivity index (χ0v) is 18.9. The number of nitrogens with one attached hydrogen (secondary N) is 1. The molecular weight excluding hydrogens is 533 g/mol. The minimum Gasteiger partial charge on any atom is -0.324 e. The van der Waals surface area contributed by atoms with Gasteiger partial charge in [0.05, 0.1) is 19.9 Å². The third-order valence-electron chi connectivity index (χ3n) is 6.07. The summed E-state index contributed by atoms with van der Waals surface area (Å²) in [6, 6.07) is 5.09. The molecule has 0 saturated heterocycles. The van der Waals surface area contributed by atoms with Crippen molar-refractivity contribution in [3.63, 3.8) is 0 Å². The van der Waals surface area contributed by atoms with Gasteiger partial charge in [-0.3, -0.25) is 4.79 Å². The van der Waals surface area contributed by atoms with Gasteiger partial charge >= 0.3 is 0 Å². The Balaban J connectivity index is 1.93. The molecule has 3 atom stereocenters. The number of rotatable bonds is 3. The fourth-order valence-corrected chi connectivity index (χ4v) is 9.78. The lowest BCUT2D eigenvalue weighted by Gasteiger charge is -2.66. The van der Waals surface area contributed by atoms with Crippen LogP contribution in [0.15, 0.2) is 18.2 Å². The summed E-state index contributed by atoms with van der Waals surface area (Å²) in [5.74, 6) is 0.00215. The average Bonchev–Trinajstić information content (AvgIpc) is 2.92. The summed E-state index contributed by atoms with van der Waals surface area (Å²) in [5, 5.41) is 4.04. The lowest BCUT2D eigenvalue weighted by atomic mass is 9.43. The molecule has 0 spiro atoms. The number of halogens is 5. The minimum atomic E-state index is -0.460. The van der Waals surface area contributed by atoms with Gasteiger partial charge in [-0.25, -0.2) is 0 Å². The predicted molar refractivity (Wildman–Crippen MR) is 107 cm³/mol. The van der Waals surface area contributed by atoms with Crippen LogP contribution in [-0.2, 0) is 4.79 Å². The number of hydrogen-bond acceptors (Lipinski definition) is 1. The van der Waals surface area contributed by atoms with Crippen LogP contribution in [0.25, 0.3) is 0 Å². The van der Waals surface area contributed by atoms with Gasteiger partial charge in [0.2, 0.25) is 5.91 Å². The molecule has 3 aliphatic carbocycles. The number of fused-ring (bicyclic) bond motifs is 1. The van der Waals surface area contributed by atoms with E-state index < -0.39 is 5.41 Å². The van der Waals surface area contributed by atoms with Crippen molar-refractivity contribution in [2.75, 3.05) is 5.32 Å². The van der Waals surface area contributed by atoms with Gasteiger partial charge in [-0.15, -0.1) is 0 Å². The fourth-order valence-electron chi connectivity index (χ4n) is 4.53. The molecule has 3 fully saturated rings. The van der Waals surface area contributed by atoms with Crippen molar-refractivity contribution in [2.45, 2.75) is 35.3 Å². The summed E-state index contributed by atoms with van der Waals surface area (Å²) in [5.41, 5.74) is -0.0466. The zero-order valence-electron chi connectivity index (χ0n) is 12.6. The highest BCUT2D eigenvalue weighted by Gasteiger charge is 2.83. The van der Waals surface area contributed by atoms with Crippen molar-refractivity contribution in [3.05, 3.63) is 28.2 Å². The molecule has 0 radical (unpaired) electrons. The lowest BCUT2D eigenvalue weighted by molar-refractivity contribution is -0.155. The normalized spacial score (nSPS) is 34.3. The van der Waals surface area contributed by atoms with Gasteiger partial charge in [0, 0.05) is 15.3 Å². The monoisotopic (exact) mass is 545 g/mol. The lowest BCUT2D eigenvalue weighted by Crippen LogP contribution is -2.71. The number of carbonyl (C=O) groups is 1. The van der Waals surface area contributed by atoms with E-state index in [4.69, 9.17) is 23.2 Å². The standard InChI is InChI=1S/C16H16Br3Cl2NO/c1-14(2)15(12(18)19)5-6-16(14,11(15)17)13(23)22-10-7-8(20)3-4-9(10)21/h3-4,7,11-12H,5-6H2,1-2H3,(H,22,23). The van der Waals surface area contributed by atoms with Gasteiger partial charge in [0.15, 0.2) is 0 Å². The van der Waals surface area contributed by atoms with Crippen LogP contribution >= 0.6 is 71.0 Å². The molecule has 1 aromatic rings. The van der Waals surface area contributed by atoms with E-state index in [1.54, 1.807) is 18.2 Å². The maximum absolute atomic E-state index is 13.2. The number of amides is 1. The molecule has 0 heterocycles. The number of benzene rings is 1. The maximum Gasteiger partial charge on any atom is 0.232 e. The van der Waals surface area contributed by atoms with Crippen molar-refractivity contribution in [1.29, 1.82) is 0 Å².